The average Bonchev–Trinajstić information content (AvgIpc) is 2.41. The van der Waals surface area contributed by atoms with Crippen LogP contribution in [-0.2, 0) is 6.42 Å². The molecule has 0 radical (unpaired) electrons. The Kier molecular flexibility index (Phi) is 4.53. The van der Waals surface area contributed by atoms with Crippen molar-refractivity contribution in [3.63, 3.8) is 0 Å². The van der Waals surface area contributed by atoms with Gasteiger partial charge in [0.15, 0.2) is 0 Å². The summed E-state index contributed by atoms with van der Waals surface area (Å²) in [5.41, 5.74) is 7.57. The van der Waals surface area contributed by atoms with Crippen LogP contribution in [0.1, 0.15) is 28.3 Å². The second kappa shape index (κ2) is 6.15. The lowest BCUT2D eigenvalue weighted by atomic mass is 9.95. The molecule has 0 saturated carbocycles. The van der Waals surface area contributed by atoms with Crippen molar-refractivity contribution in [2.45, 2.75) is 26.3 Å². The number of hydrazine groups is 1. The predicted octanol–water partition coefficient (Wildman–Crippen LogP) is 3.10. The maximum Gasteiger partial charge on any atom is 0.0622 e. The minimum atomic E-state index is 0.0415. The molecular formula is C15H18ClN3. The maximum absolute atomic E-state index is 6.15. The number of benzene rings is 1. The fourth-order valence-electron chi connectivity index (χ4n) is 2.18. The molecular weight excluding hydrogens is 258 g/mol. The lowest BCUT2D eigenvalue weighted by molar-refractivity contribution is 0.549. The summed E-state index contributed by atoms with van der Waals surface area (Å²) in [7, 11) is 0. The first-order valence-corrected chi connectivity index (χ1v) is 6.61. The molecule has 0 spiro atoms. The van der Waals surface area contributed by atoms with E-state index in [2.05, 4.69) is 42.5 Å². The molecule has 2 rings (SSSR count). The fourth-order valence-corrected chi connectivity index (χ4v) is 2.38. The van der Waals surface area contributed by atoms with Gasteiger partial charge in [-0.25, -0.2) is 0 Å². The monoisotopic (exact) mass is 275 g/mol. The van der Waals surface area contributed by atoms with Gasteiger partial charge in [0.25, 0.3) is 0 Å². The van der Waals surface area contributed by atoms with Gasteiger partial charge in [0, 0.05) is 12.4 Å². The van der Waals surface area contributed by atoms with E-state index in [9.17, 15) is 0 Å². The number of nitrogens with two attached hydrogens (primary N) is 1. The number of hydrogen-bond donors (Lipinski definition) is 2. The molecule has 1 aromatic carbocycles. The van der Waals surface area contributed by atoms with Crippen LogP contribution in [0.15, 0.2) is 36.7 Å². The fraction of sp³-hybridized carbons (Fsp3) is 0.267. The Morgan fingerprint density at radius 2 is 2.11 bits per heavy atom. The second-order valence-corrected chi connectivity index (χ2v) is 5.16. The molecule has 0 aliphatic carbocycles. The van der Waals surface area contributed by atoms with Crippen LogP contribution in [0, 0.1) is 13.8 Å². The first-order chi connectivity index (χ1) is 9.11. The molecule has 100 valence electrons. The summed E-state index contributed by atoms with van der Waals surface area (Å²) in [5.74, 6) is 5.71. The molecule has 2 aromatic rings. The Balaban J connectivity index is 2.30. The van der Waals surface area contributed by atoms with Crippen molar-refractivity contribution >= 4 is 11.6 Å². The van der Waals surface area contributed by atoms with Crippen molar-refractivity contribution in [1.29, 1.82) is 0 Å². The van der Waals surface area contributed by atoms with Gasteiger partial charge in [-0.3, -0.25) is 16.3 Å². The van der Waals surface area contributed by atoms with Gasteiger partial charge >= 0.3 is 0 Å². The number of aromatic nitrogens is 1. The van der Waals surface area contributed by atoms with E-state index in [1.165, 1.54) is 16.7 Å². The third-order valence-corrected chi connectivity index (χ3v) is 3.63. The lowest BCUT2D eigenvalue weighted by Gasteiger charge is -2.19. The van der Waals surface area contributed by atoms with Gasteiger partial charge in [-0.05, 0) is 43.0 Å². The molecule has 0 fully saturated rings. The molecule has 4 heteroatoms. The van der Waals surface area contributed by atoms with Crippen molar-refractivity contribution in [3.05, 3.63) is 63.9 Å². The molecule has 0 aliphatic rings. The van der Waals surface area contributed by atoms with Crippen molar-refractivity contribution in [2.24, 2.45) is 5.84 Å². The van der Waals surface area contributed by atoms with E-state index in [0.717, 1.165) is 12.0 Å². The topological polar surface area (TPSA) is 50.9 Å². The Labute approximate surface area is 118 Å². The third kappa shape index (κ3) is 3.32. The third-order valence-electron chi connectivity index (χ3n) is 3.29. The first-order valence-electron chi connectivity index (χ1n) is 6.23. The molecule has 0 aliphatic heterocycles. The predicted molar refractivity (Wildman–Crippen MR) is 78.9 cm³/mol. The van der Waals surface area contributed by atoms with Gasteiger partial charge in [0.2, 0.25) is 0 Å². The van der Waals surface area contributed by atoms with Crippen LogP contribution in [0.25, 0.3) is 0 Å². The summed E-state index contributed by atoms with van der Waals surface area (Å²) in [5, 5.41) is 0.674. The quantitative estimate of drug-likeness (QED) is 0.666. The highest BCUT2D eigenvalue weighted by molar-refractivity contribution is 6.31. The zero-order valence-corrected chi connectivity index (χ0v) is 11.9. The van der Waals surface area contributed by atoms with Crippen molar-refractivity contribution in [1.82, 2.24) is 10.4 Å². The number of rotatable bonds is 4. The van der Waals surface area contributed by atoms with E-state index in [-0.39, 0.29) is 6.04 Å². The van der Waals surface area contributed by atoms with Crippen LogP contribution in [0.2, 0.25) is 5.02 Å². The number of aryl methyl sites for hydroxylation is 2. The molecule has 1 atom stereocenters. The molecule has 1 aromatic heterocycles. The highest BCUT2D eigenvalue weighted by atomic mass is 35.5. The number of halogens is 1. The van der Waals surface area contributed by atoms with E-state index in [4.69, 9.17) is 17.4 Å². The standard InChI is InChI=1S/C15H18ClN3/c1-10-3-4-11(2)13(7-10)15(19-17)8-12-5-6-18-9-14(12)16/h3-7,9,15,19H,8,17H2,1-2H3. The van der Waals surface area contributed by atoms with Gasteiger partial charge in [-0.15, -0.1) is 0 Å². The minimum Gasteiger partial charge on any atom is -0.271 e. The number of pyridine rings is 1. The molecule has 3 N–H and O–H groups in total. The van der Waals surface area contributed by atoms with Crippen LogP contribution in [0.4, 0.5) is 0 Å². The summed E-state index contributed by atoms with van der Waals surface area (Å²) in [4.78, 5) is 4.00. The highest BCUT2D eigenvalue weighted by Gasteiger charge is 2.14. The lowest BCUT2D eigenvalue weighted by Crippen LogP contribution is -2.30. The summed E-state index contributed by atoms with van der Waals surface area (Å²) in [6.07, 6.45) is 4.15. The molecule has 19 heavy (non-hydrogen) atoms. The Morgan fingerprint density at radius 1 is 1.32 bits per heavy atom. The van der Waals surface area contributed by atoms with Gasteiger partial charge in [0.05, 0.1) is 11.1 Å². The van der Waals surface area contributed by atoms with Gasteiger partial charge < -0.3 is 0 Å². The SMILES string of the molecule is Cc1ccc(C)c(C(Cc2ccncc2Cl)NN)c1. The maximum atomic E-state index is 6.15. The molecule has 0 saturated heterocycles. The summed E-state index contributed by atoms with van der Waals surface area (Å²) >= 11 is 6.15. The minimum absolute atomic E-state index is 0.0415. The summed E-state index contributed by atoms with van der Waals surface area (Å²) < 4.78 is 0. The summed E-state index contributed by atoms with van der Waals surface area (Å²) in [6, 6.07) is 8.35. The van der Waals surface area contributed by atoms with Crippen LogP contribution >= 0.6 is 11.6 Å². The molecule has 0 amide bonds. The second-order valence-electron chi connectivity index (χ2n) is 4.75. The van der Waals surface area contributed by atoms with Gasteiger partial charge in [-0.1, -0.05) is 35.4 Å². The molecule has 3 nitrogen and oxygen atoms in total. The first kappa shape index (κ1) is 14.0. The van der Waals surface area contributed by atoms with Crippen molar-refractivity contribution < 1.29 is 0 Å². The molecule has 0 bridgehead atoms. The van der Waals surface area contributed by atoms with Crippen molar-refractivity contribution in [2.75, 3.05) is 0 Å². The van der Waals surface area contributed by atoms with E-state index < -0.39 is 0 Å². The van der Waals surface area contributed by atoms with E-state index >= 15 is 0 Å². The zero-order valence-electron chi connectivity index (χ0n) is 11.2. The van der Waals surface area contributed by atoms with Crippen LogP contribution < -0.4 is 11.3 Å². The normalized spacial score (nSPS) is 12.4. The average molecular weight is 276 g/mol. The zero-order chi connectivity index (χ0) is 13.8. The number of nitrogens with one attached hydrogen (secondary N) is 1. The van der Waals surface area contributed by atoms with Gasteiger partial charge in [0.1, 0.15) is 0 Å². The molecule has 1 heterocycles. The molecule has 1 unspecified atom stereocenters. The smallest absolute Gasteiger partial charge is 0.0622 e. The largest absolute Gasteiger partial charge is 0.271 e. The Hall–Kier alpha value is -1.42. The van der Waals surface area contributed by atoms with Gasteiger partial charge in [-0.2, -0.15) is 0 Å². The number of hydrogen-bond acceptors (Lipinski definition) is 3. The van der Waals surface area contributed by atoms with Crippen molar-refractivity contribution in [3.8, 4) is 0 Å². The number of nitrogens with zero attached hydrogens (tertiary/aromatic N) is 1. The van der Waals surface area contributed by atoms with Crippen LogP contribution in [-0.4, -0.2) is 4.98 Å². The van der Waals surface area contributed by atoms with E-state index in [1.807, 2.05) is 6.07 Å². The highest BCUT2D eigenvalue weighted by Crippen LogP contribution is 2.25. The van der Waals surface area contributed by atoms with Crippen LogP contribution in [0.3, 0.4) is 0 Å². The van der Waals surface area contributed by atoms with E-state index in [0.29, 0.717) is 5.02 Å². The summed E-state index contributed by atoms with van der Waals surface area (Å²) in [6.45, 7) is 4.17. The van der Waals surface area contributed by atoms with Crippen LogP contribution in [0.5, 0.6) is 0 Å². The Morgan fingerprint density at radius 3 is 2.79 bits per heavy atom. The Bertz CT molecular complexity index is 569. The van der Waals surface area contributed by atoms with E-state index in [1.54, 1.807) is 12.4 Å².